The molecule has 0 saturated heterocycles. The third-order valence-corrected chi connectivity index (χ3v) is 4.58. The lowest BCUT2D eigenvalue weighted by Crippen LogP contribution is -2.30. The van der Waals surface area contributed by atoms with Crippen LogP contribution >= 0.6 is 0 Å². The SMILES string of the molecule is CNCC(C)(C)c1ccc(NC(=O)c2c[nH]c3ccccc3c2=O)cc1. The molecule has 134 valence electrons. The Balaban J connectivity index is 1.82. The lowest BCUT2D eigenvalue weighted by Gasteiger charge is -2.25. The van der Waals surface area contributed by atoms with Crippen LogP contribution in [-0.4, -0.2) is 24.5 Å². The molecule has 1 amide bonds. The van der Waals surface area contributed by atoms with E-state index in [1.165, 1.54) is 11.8 Å². The highest BCUT2D eigenvalue weighted by Crippen LogP contribution is 2.24. The molecule has 5 nitrogen and oxygen atoms in total. The van der Waals surface area contributed by atoms with E-state index < -0.39 is 5.91 Å². The van der Waals surface area contributed by atoms with Crippen molar-refractivity contribution in [1.29, 1.82) is 0 Å². The molecule has 5 heteroatoms. The predicted molar refractivity (Wildman–Crippen MR) is 106 cm³/mol. The summed E-state index contributed by atoms with van der Waals surface area (Å²) < 4.78 is 0. The molecule has 0 aliphatic heterocycles. The van der Waals surface area contributed by atoms with Crippen molar-refractivity contribution in [3.05, 3.63) is 76.1 Å². The van der Waals surface area contributed by atoms with Gasteiger partial charge in [-0.2, -0.15) is 0 Å². The number of benzene rings is 2. The maximum atomic E-state index is 12.5. The summed E-state index contributed by atoms with van der Waals surface area (Å²) in [5.74, 6) is -0.417. The van der Waals surface area contributed by atoms with Crippen LogP contribution in [-0.2, 0) is 5.41 Å². The largest absolute Gasteiger partial charge is 0.360 e. The molecule has 3 N–H and O–H groups in total. The monoisotopic (exact) mass is 349 g/mol. The van der Waals surface area contributed by atoms with Gasteiger partial charge in [0.1, 0.15) is 5.56 Å². The van der Waals surface area contributed by atoms with E-state index in [-0.39, 0.29) is 16.4 Å². The Hall–Kier alpha value is -2.92. The molecular formula is C21H23N3O2. The van der Waals surface area contributed by atoms with Crippen molar-refractivity contribution < 1.29 is 4.79 Å². The number of carbonyl (C=O) groups is 1. The molecule has 1 heterocycles. The molecule has 3 aromatic rings. The van der Waals surface area contributed by atoms with Crippen LogP contribution in [0.1, 0.15) is 29.8 Å². The average molecular weight is 349 g/mol. The number of hydrogen-bond acceptors (Lipinski definition) is 3. The molecule has 3 rings (SSSR count). The van der Waals surface area contributed by atoms with Crippen LogP contribution in [0.15, 0.2) is 59.5 Å². The summed E-state index contributed by atoms with van der Waals surface area (Å²) in [4.78, 5) is 28.1. The molecule has 1 aromatic heterocycles. The molecule has 0 aliphatic rings. The molecular weight excluding hydrogens is 326 g/mol. The van der Waals surface area contributed by atoms with Crippen LogP contribution < -0.4 is 16.1 Å². The van der Waals surface area contributed by atoms with Crippen LogP contribution in [0.2, 0.25) is 0 Å². The zero-order valence-electron chi connectivity index (χ0n) is 15.2. The van der Waals surface area contributed by atoms with Crippen LogP contribution in [0.3, 0.4) is 0 Å². The van der Waals surface area contributed by atoms with E-state index in [2.05, 4.69) is 29.5 Å². The highest BCUT2D eigenvalue weighted by Gasteiger charge is 2.19. The van der Waals surface area contributed by atoms with E-state index in [4.69, 9.17) is 0 Å². The van der Waals surface area contributed by atoms with Crippen LogP contribution in [0, 0.1) is 0 Å². The Morgan fingerprint density at radius 2 is 1.77 bits per heavy atom. The van der Waals surface area contributed by atoms with Gasteiger partial charge in [0.2, 0.25) is 5.43 Å². The third-order valence-electron chi connectivity index (χ3n) is 4.58. The minimum atomic E-state index is -0.417. The first-order chi connectivity index (χ1) is 12.4. The number of carbonyl (C=O) groups excluding carboxylic acids is 1. The summed E-state index contributed by atoms with van der Waals surface area (Å²) in [6.45, 7) is 5.17. The van der Waals surface area contributed by atoms with Gasteiger partial charge in [-0.1, -0.05) is 38.1 Å². The average Bonchev–Trinajstić information content (AvgIpc) is 2.62. The Morgan fingerprint density at radius 1 is 1.08 bits per heavy atom. The molecule has 0 radical (unpaired) electrons. The van der Waals surface area contributed by atoms with Crippen molar-refractivity contribution in [2.75, 3.05) is 18.9 Å². The Bertz CT molecular complexity index is 988. The summed E-state index contributed by atoms with van der Waals surface area (Å²) in [7, 11) is 1.93. The number of amides is 1. The normalized spacial score (nSPS) is 11.5. The quantitative estimate of drug-likeness (QED) is 0.662. The van der Waals surface area contributed by atoms with Crippen molar-refractivity contribution in [3.8, 4) is 0 Å². The molecule has 0 saturated carbocycles. The molecule has 2 aromatic carbocycles. The van der Waals surface area contributed by atoms with Crippen molar-refractivity contribution in [2.24, 2.45) is 0 Å². The standard InChI is InChI=1S/C21H23N3O2/c1-21(2,13-22-3)14-8-10-15(11-9-14)24-20(26)17-12-23-18-7-5-4-6-16(18)19(17)25/h4-12,22H,13H2,1-3H3,(H,23,25)(H,24,26). The second-order valence-corrected chi connectivity index (χ2v) is 7.02. The van der Waals surface area contributed by atoms with Gasteiger partial charge in [-0.3, -0.25) is 9.59 Å². The lowest BCUT2D eigenvalue weighted by atomic mass is 9.84. The number of rotatable bonds is 5. The molecule has 0 unspecified atom stereocenters. The summed E-state index contributed by atoms with van der Waals surface area (Å²) in [6, 6.07) is 14.9. The number of para-hydroxylation sites is 1. The maximum Gasteiger partial charge on any atom is 0.261 e. The first kappa shape index (κ1) is 17.9. The van der Waals surface area contributed by atoms with Crippen LogP contribution in [0.5, 0.6) is 0 Å². The van der Waals surface area contributed by atoms with Crippen molar-refractivity contribution in [2.45, 2.75) is 19.3 Å². The van der Waals surface area contributed by atoms with Crippen LogP contribution in [0.4, 0.5) is 5.69 Å². The fraction of sp³-hybridized carbons (Fsp3) is 0.238. The van der Waals surface area contributed by atoms with Gasteiger partial charge in [0, 0.05) is 34.7 Å². The number of aromatic amines is 1. The maximum absolute atomic E-state index is 12.5. The van der Waals surface area contributed by atoms with E-state index in [9.17, 15) is 9.59 Å². The van der Waals surface area contributed by atoms with Gasteiger partial charge >= 0.3 is 0 Å². The second kappa shape index (κ2) is 7.14. The number of pyridine rings is 1. The third kappa shape index (κ3) is 3.53. The van der Waals surface area contributed by atoms with E-state index in [0.717, 1.165) is 6.54 Å². The smallest absolute Gasteiger partial charge is 0.261 e. The Morgan fingerprint density at radius 3 is 2.46 bits per heavy atom. The number of hydrogen-bond donors (Lipinski definition) is 3. The van der Waals surface area contributed by atoms with Crippen molar-refractivity contribution >= 4 is 22.5 Å². The number of H-pyrrole nitrogens is 1. The zero-order valence-corrected chi connectivity index (χ0v) is 15.2. The van der Waals surface area contributed by atoms with Crippen molar-refractivity contribution in [1.82, 2.24) is 10.3 Å². The molecule has 0 spiro atoms. The first-order valence-electron chi connectivity index (χ1n) is 8.59. The number of likely N-dealkylation sites (N-methyl/N-ethyl adjacent to an activating group) is 1. The van der Waals surface area contributed by atoms with Gasteiger partial charge in [0.25, 0.3) is 5.91 Å². The van der Waals surface area contributed by atoms with E-state index in [1.54, 1.807) is 12.1 Å². The van der Waals surface area contributed by atoms with Gasteiger partial charge in [0.05, 0.1) is 0 Å². The summed E-state index contributed by atoms with van der Waals surface area (Å²) in [6.07, 6.45) is 1.46. The highest BCUT2D eigenvalue weighted by molar-refractivity contribution is 6.05. The Labute approximate surface area is 152 Å². The number of fused-ring (bicyclic) bond motifs is 1. The van der Waals surface area contributed by atoms with Gasteiger partial charge in [-0.05, 0) is 36.9 Å². The van der Waals surface area contributed by atoms with E-state index in [0.29, 0.717) is 16.6 Å². The molecule has 0 atom stereocenters. The van der Waals surface area contributed by atoms with Crippen LogP contribution in [0.25, 0.3) is 10.9 Å². The highest BCUT2D eigenvalue weighted by atomic mass is 16.2. The fourth-order valence-corrected chi connectivity index (χ4v) is 3.08. The Kier molecular flexibility index (Phi) is 4.91. The number of nitrogens with one attached hydrogen (secondary N) is 3. The topological polar surface area (TPSA) is 74.0 Å². The van der Waals surface area contributed by atoms with Gasteiger partial charge in [-0.25, -0.2) is 0 Å². The minimum absolute atomic E-state index is 0.00716. The fourth-order valence-electron chi connectivity index (χ4n) is 3.08. The molecule has 0 aliphatic carbocycles. The summed E-state index contributed by atoms with van der Waals surface area (Å²) in [5, 5.41) is 6.49. The zero-order chi connectivity index (χ0) is 18.7. The van der Waals surface area contributed by atoms with Gasteiger partial charge in [-0.15, -0.1) is 0 Å². The second-order valence-electron chi connectivity index (χ2n) is 7.02. The minimum Gasteiger partial charge on any atom is -0.360 e. The molecule has 0 fully saturated rings. The van der Waals surface area contributed by atoms with E-state index >= 15 is 0 Å². The van der Waals surface area contributed by atoms with E-state index in [1.807, 2.05) is 43.4 Å². The number of anilines is 1. The number of aromatic nitrogens is 1. The van der Waals surface area contributed by atoms with Crippen molar-refractivity contribution in [3.63, 3.8) is 0 Å². The first-order valence-corrected chi connectivity index (χ1v) is 8.59. The summed E-state index contributed by atoms with van der Waals surface area (Å²) in [5.41, 5.74) is 2.37. The van der Waals surface area contributed by atoms with Gasteiger partial charge < -0.3 is 15.6 Å². The predicted octanol–water partition coefficient (Wildman–Crippen LogP) is 3.28. The molecule has 0 bridgehead atoms. The lowest BCUT2D eigenvalue weighted by molar-refractivity contribution is 0.102. The summed E-state index contributed by atoms with van der Waals surface area (Å²) >= 11 is 0. The molecule has 26 heavy (non-hydrogen) atoms. The van der Waals surface area contributed by atoms with Gasteiger partial charge in [0.15, 0.2) is 0 Å².